The van der Waals surface area contributed by atoms with Crippen LogP contribution in [0.4, 0.5) is 5.69 Å². The van der Waals surface area contributed by atoms with Gasteiger partial charge in [0.1, 0.15) is 5.75 Å². The SMILES string of the molecule is CCN(CCO)c1cccc(O)c1. The summed E-state index contributed by atoms with van der Waals surface area (Å²) in [5, 5.41) is 18.0. The van der Waals surface area contributed by atoms with Crippen LogP contribution in [-0.2, 0) is 0 Å². The Morgan fingerprint density at radius 2 is 2.15 bits per heavy atom. The van der Waals surface area contributed by atoms with E-state index in [1.54, 1.807) is 18.2 Å². The number of nitrogens with zero attached hydrogens (tertiary/aromatic N) is 1. The summed E-state index contributed by atoms with van der Waals surface area (Å²) in [6.45, 7) is 3.56. The summed E-state index contributed by atoms with van der Waals surface area (Å²) in [4.78, 5) is 2.00. The first-order valence-corrected chi connectivity index (χ1v) is 4.42. The predicted molar refractivity (Wildman–Crippen MR) is 53.1 cm³/mol. The Morgan fingerprint density at radius 1 is 1.38 bits per heavy atom. The summed E-state index contributed by atoms with van der Waals surface area (Å²) in [6.07, 6.45) is 0. The zero-order chi connectivity index (χ0) is 9.68. The quantitative estimate of drug-likeness (QED) is 0.733. The highest BCUT2D eigenvalue weighted by Gasteiger charge is 2.02. The lowest BCUT2D eigenvalue weighted by Gasteiger charge is -2.21. The summed E-state index contributed by atoms with van der Waals surface area (Å²) >= 11 is 0. The molecule has 0 aliphatic heterocycles. The van der Waals surface area contributed by atoms with Crippen molar-refractivity contribution in [3.63, 3.8) is 0 Å². The Hall–Kier alpha value is -1.22. The molecule has 0 saturated heterocycles. The Morgan fingerprint density at radius 3 is 2.69 bits per heavy atom. The summed E-state index contributed by atoms with van der Waals surface area (Å²) in [7, 11) is 0. The van der Waals surface area contributed by atoms with E-state index in [0.29, 0.717) is 6.54 Å². The van der Waals surface area contributed by atoms with Crippen molar-refractivity contribution in [1.29, 1.82) is 0 Å². The van der Waals surface area contributed by atoms with E-state index in [-0.39, 0.29) is 12.4 Å². The van der Waals surface area contributed by atoms with Crippen LogP contribution in [-0.4, -0.2) is 29.9 Å². The minimum atomic E-state index is 0.128. The van der Waals surface area contributed by atoms with E-state index in [0.717, 1.165) is 12.2 Å². The van der Waals surface area contributed by atoms with Crippen LogP contribution in [0, 0.1) is 0 Å². The lowest BCUT2D eigenvalue weighted by molar-refractivity contribution is 0.302. The number of hydrogen-bond acceptors (Lipinski definition) is 3. The van der Waals surface area contributed by atoms with Crippen molar-refractivity contribution in [3.8, 4) is 5.75 Å². The van der Waals surface area contributed by atoms with Crippen LogP contribution < -0.4 is 4.90 Å². The van der Waals surface area contributed by atoms with Gasteiger partial charge in [-0.3, -0.25) is 0 Å². The van der Waals surface area contributed by atoms with Crippen LogP contribution in [0.15, 0.2) is 24.3 Å². The Kier molecular flexibility index (Phi) is 3.58. The molecule has 0 unspecified atom stereocenters. The van der Waals surface area contributed by atoms with E-state index in [2.05, 4.69) is 0 Å². The molecule has 0 bridgehead atoms. The molecule has 2 N–H and O–H groups in total. The highest BCUT2D eigenvalue weighted by molar-refractivity contribution is 5.50. The molecule has 1 aromatic carbocycles. The van der Waals surface area contributed by atoms with Gasteiger partial charge in [0.05, 0.1) is 6.61 Å². The number of aliphatic hydroxyl groups excluding tert-OH is 1. The average Bonchev–Trinajstić information content (AvgIpc) is 2.14. The first-order chi connectivity index (χ1) is 6.27. The van der Waals surface area contributed by atoms with Crippen LogP contribution in [0.2, 0.25) is 0 Å². The minimum Gasteiger partial charge on any atom is -0.508 e. The zero-order valence-corrected chi connectivity index (χ0v) is 7.77. The van der Waals surface area contributed by atoms with Crippen molar-refractivity contribution < 1.29 is 10.2 Å². The van der Waals surface area contributed by atoms with E-state index in [9.17, 15) is 5.11 Å². The highest BCUT2D eigenvalue weighted by Crippen LogP contribution is 2.19. The van der Waals surface area contributed by atoms with E-state index in [4.69, 9.17) is 5.11 Å². The van der Waals surface area contributed by atoms with Crippen molar-refractivity contribution in [3.05, 3.63) is 24.3 Å². The van der Waals surface area contributed by atoms with Crippen molar-refractivity contribution in [2.24, 2.45) is 0 Å². The standard InChI is InChI=1S/C10H15NO2/c1-2-11(6-7-12)9-4-3-5-10(13)8-9/h3-5,8,12-13H,2,6-7H2,1H3. The number of likely N-dealkylation sites (N-methyl/N-ethyl adjacent to an activating group) is 1. The second-order valence-electron chi connectivity index (χ2n) is 2.82. The van der Waals surface area contributed by atoms with Gasteiger partial charge >= 0.3 is 0 Å². The average molecular weight is 181 g/mol. The number of phenols is 1. The number of hydrogen-bond donors (Lipinski definition) is 2. The van der Waals surface area contributed by atoms with Crippen molar-refractivity contribution in [2.45, 2.75) is 6.92 Å². The maximum atomic E-state index is 9.24. The summed E-state index contributed by atoms with van der Waals surface area (Å²) < 4.78 is 0. The molecule has 3 heteroatoms. The molecular weight excluding hydrogens is 166 g/mol. The topological polar surface area (TPSA) is 43.7 Å². The van der Waals surface area contributed by atoms with Crippen LogP contribution in [0.1, 0.15) is 6.92 Å². The van der Waals surface area contributed by atoms with Gasteiger partial charge < -0.3 is 15.1 Å². The smallest absolute Gasteiger partial charge is 0.117 e. The fourth-order valence-electron chi connectivity index (χ4n) is 1.28. The molecule has 3 nitrogen and oxygen atoms in total. The van der Waals surface area contributed by atoms with Gasteiger partial charge in [0.15, 0.2) is 0 Å². The molecule has 0 atom stereocenters. The fourth-order valence-corrected chi connectivity index (χ4v) is 1.28. The summed E-state index contributed by atoms with van der Waals surface area (Å²) in [6, 6.07) is 7.04. The Balaban J connectivity index is 2.78. The molecule has 13 heavy (non-hydrogen) atoms. The van der Waals surface area contributed by atoms with Gasteiger partial charge in [0.2, 0.25) is 0 Å². The molecule has 0 heterocycles. The van der Waals surface area contributed by atoms with Gasteiger partial charge in [-0.2, -0.15) is 0 Å². The van der Waals surface area contributed by atoms with Crippen LogP contribution in [0.3, 0.4) is 0 Å². The zero-order valence-electron chi connectivity index (χ0n) is 7.77. The maximum Gasteiger partial charge on any atom is 0.117 e. The van der Waals surface area contributed by atoms with Crippen LogP contribution >= 0.6 is 0 Å². The molecule has 1 aromatic rings. The Labute approximate surface area is 78.2 Å². The van der Waals surface area contributed by atoms with Crippen molar-refractivity contribution in [1.82, 2.24) is 0 Å². The largest absolute Gasteiger partial charge is 0.508 e. The third-order valence-corrected chi connectivity index (χ3v) is 1.95. The lowest BCUT2D eigenvalue weighted by Crippen LogP contribution is -2.25. The predicted octanol–water partition coefficient (Wildman–Crippen LogP) is 1.21. The molecule has 0 aliphatic carbocycles. The van der Waals surface area contributed by atoms with Gasteiger partial charge in [0.25, 0.3) is 0 Å². The molecule has 0 aromatic heterocycles. The van der Waals surface area contributed by atoms with Crippen molar-refractivity contribution >= 4 is 5.69 Å². The van der Waals surface area contributed by atoms with Gasteiger partial charge in [-0.05, 0) is 19.1 Å². The van der Waals surface area contributed by atoms with Crippen LogP contribution in [0.5, 0.6) is 5.75 Å². The fraction of sp³-hybridized carbons (Fsp3) is 0.400. The van der Waals surface area contributed by atoms with Crippen molar-refractivity contribution in [2.75, 3.05) is 24.6 Å². The number of benzene rings is 1. The number of phenolic OH excluding ortho intramolecular Hbond substituents is 1. The second kappa shape index (κ2) is 4.72. The monoisotopic (exact) mass is 181 g/mol. The summed E-state index contributed by atoms with van der Waals surface area (Å²) in [5.41, 5.74) is 0.941. The number of aromatic hydroxyl groups is 1. The number of rotatable bonds is 4. The molecule has 0 saturated carbocycles. The first-order valence-electron chi connectivity index (χ1n) is 4.42. The van der Waals surface area contributed by atoms with Gasteiger partial charge in [-0.15, -0.1) is 0 Å². The molecule has 0 amide bonds. The normalized spacial score (nSPS) is 10.0. The highest BCUT2D eigenvalue weighted by atomic mass is 16.3. The lowest BCUT2D eigenvalue weighted by atomic mass is 10.2. The maximum absolute atomic E-state index is 9.24. The first kappa shape index (κ1) is 9.86. The summed E-state index contributed by atoms with van der Waals surface area (Å²) in [5.74, 6) is 0.258. The molecule has 0 fully saturated rings. The minimum absolute atomic E-state index is 0.128. The molecular formula is C10H15NO2. The molecule has 1 rings (SSSR count). The van der Waals surface area contributed by atoms with E-state index in [1.165, 1.54) is 0 Å². The van der Waals surface area contributed by atoms with Crippen LogP contribution in [0.25, 0.3) is 0 Å². The molecule has 0 aliphatic rings. The molecule has 0 radical (unpaired) electrons. The third kappa shape index (κ3) is 2.63. The van der Waals surface area contributed by atoms with Gasteiger partial charge in [-0.25, -0.2) is 0 Å². The third-order valence-electron chi connectivity index (χ3n) is 1.95. The number of anilines is 1. The number of aliphatic hydroxyl groups is 1. The van der Waals surface area contributed by atoms with Gasteiger partial charge in [0, 0.05) is 24.8 Å². The van der Waals surface area contributed by atoms with E-state index in [1.807, 2.05) is 17.9 Å². The van der Waals surface area contributed by atoms with E-state index < -0.39 is 0 Å². The molecule has 0 spiro atoms. The second-order valence-corrected chi connectivity index (χ2v) is 2.82. The van der Waals surface area contributed by atoms with E-state index >= 15 is 0 Å². The Bertz CT molecular complexity index is 263. The molecule has 72 valence electrons. The van der Waals surface area contributed by atoms with Gasteiger partial charge in [-0.1, -0.05) is 6.07 Å².